The molecule has 0 rings (SSSR count). The third-order valence-electron chi connectivity index (χ3n) is 13.3. The number of allylic oxidation sites excluding steroid dienone is 2. The fraction of sp³-hybridized carbons (Fsp3) is 0.915. The average molecular weight is 918 g/mol. The molecule has 0 bridgehead atoms. The molecule has 6 heteroatoms. The first-order valence-electron chi connectivity index (χ1n) is 29.2. The van der Waals surface area contributed by atoms with Crippen molar-refractivity contribution in [3.63, 3.8) is 0 Å². The Bertz CT molecular complexity index is 1010. The molecule has 0 spiro atoms. The second kappa shape index (κ2) is 54.8. The largest absolute Gasteiger partial charge is 0.462 e. The molecule has 1 unspecified atom stereocenters. The Labute approximate surface area is 405 Å². The summed E-state index contributed by atoms with van der Waals surface area (Å²) in [5, 5.41) is 0. The van der Waals surface area contributed by atoms with E-state index in [2.05, 4.69) is 32.9 Å². The molecule has 6 nitrogen and oxygen atoms in total. The highest BCUT2D eigenvalue weighted by Crippen LogP contribution is 2.17. The van der Waals surface area contributed by atoms with Crippen molar-refractivity contribution in [1.29, 1.82) is 0 Å². The van der Waals surface area contributed by atoms with Crippen LogP contribution in [0.15, 0.2) is 12.2 Å². The van der Waals surface area contributed by atoms with Gasteiger partial charge in [0, 0.05) is 19.3 Å². The minimum absolute atomic E-state index is 0.0663. The molecule has 0 N–H and O–H groups in total. The van der Waals surface area contributed by atoms with Crippen LogP contribution in [-0.2, 0) is 28.6 Å². The number of esters is 3. The molecule has 1 atom stereocenters. The third kappa shape index (κ3) is 53.0. The molecular formula is C59H112O6. The van der Waals surface area contributed by atoms with E-state index in [1.165, 1.54) is 231 Å². The van der Waals surface area contributed by atoms with E-state index < -0.39 is 6.10 Å². The summed E-state index contributed by atoms with van der Waals surface area (Å²) in [6.07, 6.45) is 62.2. The van der Waals surface area contributed by atoms with Crippen LogP contribution < -0.4 is 0 Å². The van der Waals surface area contributed by atoms with Crippen LogP contribution in [0.4, 0.5) is 0 Å². The monoisotopic (exact) mass is 917 g/mol. The van der Waals surface area contributed by atoms with Gasteiger partial charge in [-0.05, 0) is 44.9 Å². The fourth-order valence-electron chi connectivity index (χ4n) is 8.85. The highest BCUT2D eigenvalue weighted by Gasteiger charge is 2.19. The second-order valence-corrected chi connectivity index (χ2v) is 19.9. The summed E-state index contributed by atoms with van der Waals surface area (Å²) in [5.41, 5.74) is 0. The van der Waals surface area contributed by atoms with Crippen LogP contribution in [0.5, 0.6) is 0 Å². The zero-order valence-corrected chi connectivity index (χ0v) is 44.0. The summed E-state index contributed by atoms with van der Waals surface area (Å²) in [5.74, 6) is -0.853. The molecule has 0 aliphatic carbocycles. The lowest BCUT2D eigenvalue weighted by Gasteiger charge is -2.18. The van der Waals surface area contributed by atoms with E-state index in [0.29, 0.717) is 19.3 Å². The van der Waals surface area contributed by atoms with E-state index in [4.69, 9.17) is 14.2 Å². The molecule has 0 aliphatic heterocycles. The topological polar surface area (TPSA) is 78.9 Å². The van der Waals surface area contributed by atoms with Gasteiger partial charge in [-0.1, -0.05) is 277 Å². The van der Waals surface area contributed by atoms with Crippen molar-refractivity contribution < 1.29 is 28.6 Å². The first-order chi connectivity index (χ1) is 32.0. The maximum atomic E-state index is 12.8. The zero-order chi connectivity index (χ0) is 47.2. The molecule has 0 aromatic carbocycles. The fourth-order valence-corrected chi connectivity index (χ4v) is 8.85. The van der Waals surface area contributed by atoms with Crippen LogP contribution in [0.1, 0.15) is 329 Å². The summed E-state index contributed by atoms with van der Waals surface area (Å²) in [6.45, 7) is 6.66. The molecule has 0 aliphatic rings. The lowest BCUT2D eigenvalue weighted by Crippen LogP contribution is -2.30. The quantitative estimate of drug-likeness (QED) is 0.0262. The van der Waals surface area contributed by atoms with Gasteiger partial charge in [-0.2, -0.15) is 0 Å². The summed E-state index contributed by atoms with van der Waals surface area (Å²) < 4.78 is 16.8. The molecule has 0 fully saturated rings. The smallest absolute Gasteiger partial charge is 0.306 e. The van der Waals surface area contributed by atoms with E-state index >= 15 is 0 Å². The lowest BCUT2D eigenvalue weighted by molar-refractivity contribution is -0.167. The van der Waals surface area contributed by atoms with Crippen LogP contribution in [0.25, 0.3) is 0 Å². The Morgan fingerprint density at radius 1 is 0.292 bits per heavy atom. The molecule has 0 aromatic rings. The van der Waals surface area contributed by atoms with Crippen molar-refractivity contribution in [2.45, 2.75) is 335 Å². The predicted molar refractivity (Wildman–Crippen MR) is 280 cm³/mol. The highest BCUT2D eigenvalue weighted by molar-refractivity contribution is 5.71. The Kier molecular flexibility index (Phi) is 53.2. The van der Waals surface area contributed by atoms with Crippen molar-refractivity contribution in [3.8, 4) is 0 Å². The maximum Gasteiger partial charge on any atom is 0.306 e. The Morgan fingerprint density at radius 2 is 0.508 bits per heavy atom. The van der Waals surface area contributed by atoms with E-state index in [9.17, 15) is 14.4 Å². The van der Waals surface area contributed by atoms with Gasteiger partial charge in [0.2, 0.25) is 0 Å². The summed E-state index contributed by atoms with van der Waals surface area (Å²) in [6, 6.07) is 0. The Hall–Kier alpha value is -1.85. The first kappa shape index (κ1) is 63.1. The Balaban J connectivity index is 4.15. The summed E-state index contributed by atoms with van der Waals surface area (Å²) in [7, 11) is 0. The van der Waals surface area contributed by atoms with Gasteiger partial charge in [0.15, 0.2) is 6.10 Å². The number of carbonyl (C=O) groups is 3. The van der Waals surface area contributed by atoms with Crippen molar-refractivity contribution in [3.05, 3.63) is 12.2 Å². The van der Waals surface area contributed by atoms with Crippen molar-refractivity contribution >= 4 is 17.9 Å². The number of rotatable bonds is 54. The minimum Gasteiger partial charge on any atom is -0.462 e. The molecule has 65 heavy (non-hydrogen) atoms. The van der Waals surface area contributed by atoms with Gasteiger partial charge >= 0.3 is 17.9 Å². The molecule has 0 heterocycles. The molecule has 0 saturated carbocycles. The van der Waals surface area contributed by atoms with Gasteiger partial charge < -0.3 is 14.2 Å². The maximum absolute atomic E-state index is 12.8. The van der Waals surface area contributed by atoms with Crippen LogP contribution in [0.2, 0.25) is 0 Å². The predicted octanol–water partition coefficient (Wildman–Crippen LogP) is 19.3. The summed E-state index contributed by atoms with van der Waals surface area (Å²) >= 11 is 0. The van der Waals surface area contributed by atoms with Gasteiger partial charge in [0.25, 0.3) is 0 Å². The second-order valence-electron chi connectivity index (χ2n) is 19.9. The number of carbonyl (C=O) groups excluding carboxylic acids is 3. The first-order valence-corrected chi connectivity index (χ1v) is 29.2. The molecule has 0 saturated heterocycles. The van der Waals surface area contributed by atoms with Crippen LogP contribution >= 0.6 is 0 Å². The summed E-state index contributed by atoms with van der Waals surface area (Å²) in [4.78, 5) is 38.0. The van der Waals surface area contributed by atoms with Gasteiger partial charge in [0.1, 0.15) is 13.2 Å². The van der Waals surface area contributed by atoms with Crippen molar-refractivity contribution in [2.75, 3.05) is 13.2 Å². The van der Waals surface area contributed by atoms with Gasteiger partial charge in [0.05, 0.1) is 0 Å². The van der Waals surface area contributed by atoms with Gasteiger partial charge in [-0.25, -0.2) is 0 Å². The molecule has 0 radical (unpaired) electrons. The van der Waals surface area contributed by atoms with Gasteiger partial charge in [-0.15, -0.1) is 0 Å². The van der Waals surface area contributed by atoms with E-state index in [-0.39, 0.29) is 31.1 Å². The van der Waals surface area contributed by atoms with Crippen LogP contribution in [0, 0.1) is 0 Å². The van der Waals surface area contributed by atoms with Crippen molar-refractivity contribution in [1.82, 2.24) is 0 Å². The number of hydrogen-bond acceptors (Lipinski definition) is 6. The zero-order valence-electron chi connectivity index (χ0n) is 44.0. The average Bonchev–Trinajstić information content (AvgIpc) is 3.30. The number of hydrogen-bond donors (Lipinski definition) is 0. The lowest BCUT2D eigenvalue weighted by atomic mass is 10.0. The van der Waals surface area contributed by atoms with Crippen molar-refractivity contribution in [2.24, 2.45) is 0 Å². The number of ether oxygens (including phenoxy) is 3. The van der Waals surface area contributed by atoms with Crippen LogP contribution in [-0.4, -0.2) is 37.2 Å². The van der Waals surface area contributed by atoms with E-state index in [1.807, 2.05) is 0 Å². The molecular weight excluding hydrogens is 805 g/mol. The van der Waals surface area contributed by atoms with E-state index in [0.717, 1.165) is 57.8 Å². The Morgan fingerprint density at radius 3 is 0.769 bits per heavy atom. The highest BCUT2D eigenvalue weighted by atomic mass is 16.6. The minimum atomic E-state index is -0.765. The third-order valence-corrected chi connectivity index (χ3v) is 13.3. The van der Waals surface area contributed by atoms with Gasteiger partial charge in [-0.3, -0.25) is 14.4 Å². The SMILES string of the molecule is CCCCCCCC/C=C\CCCCCCCCCC(=O)OC(COC(=O)CCCCCCCCCC)COC(=O)CCCCCCCCCCCCCCCCCCCCCCCC. The number of unbranched alkanes of at least 4 members (excludes halogenated alkanes) is 41. The molecule has 384 valence electrons. The van der Waals surface area contributed by atoms with E-state index in [1.54, 1.807) is 0 Å². The normalized spacial score (nSPS) is 12.0. The standard InChI is InChI=1S/C59H112O6/c1-4-7-10-13-16-19-21-23-25-27-28-29-30-31-33-34-36-38-40-43-46-49-52-58(61)64-55-56(54-63-57(60)51-48-45-42-18-15-12-9-6-3)65-59(62)53-50-47-44-41-39-37-35-32-26-24-22-20-17-14-11-8-5-2/h24,26,56H,4-23,25,27-55H2,1-3H3/b26-24-. The van der Waals surface area contributed by atoms with Crippen LogP contribution in [0.3, 0.4) is 0 Å². The molecule has 0 aromatic heterocycles. The molecule has 0 amide bonds.